The van der Waals surface area contributed by atoms with E-state index in [0.717, 1.165) is 0 Å². The van der Waals surface area contributed by atoms with Crippen LogP contribution in [0, 0.1) is 0 Å². The molecule has 4 nitrogen and oxygen atoms in total. The van der Waals surface area contributed by atoms with Crippen molar-refractivity contribution in [2.75, 3.05) is 6.61 Å². The summed E-state index contributed by atoms with van der Waals surface area (Å²) in [5.74, 6) is -1.41. The number of hydrogen-bond acceptors (Lipinski definition) is 3. The van der Waals surface area contributed by atoms with Crippen molar-refractivity contribution in [2.45, 2.75) is 6.92 Å². The Balaban J connectivity index is 2.87. The van der Waals surface area contributed by atoms with Crippen molar-refractivity contribution in [3.8, 4) is 0 Å². The Morgan fingerprint density at radius 2 is 2.20 bits per heavy atom. The van der Waals surface area contributed by atoms with Crippen molar-refractivity contribution in [1.82, 2.24) is 0 Å². The van der Waals surface area contributed by atoms with Crippen molar-refractivity contribution in [2.24, 2.45) is 0 Å². The third kappa shape index (κ3) is 0.877. The van der Waals surface area contributed by atoms with E-state index in [1.165, 1.54) is 6.92 Å². The molecule has 1 aliphatic heterocycles. The zero-order valence-electron chi connectivity index (χ0n) is 5.38. The van der Waals surface area contributed by atoms with Gasteiger partial charge >= 0.3 is 5.97 Å². The second-order valence-electron chi connectivity index (χ2n) is 1.96. The highest BCUT2D eigenvalue weighted by Crippen LogP contribution is 2.18. The lowest BCUT2D eigenvalue weighted by Gasteiger charge is -2.18. The third-order valence-corrected chi connectivity index (χ3v) is 1.21. The van der Waals surface area contributed by atoms with Crippen molar-refractivity contribution >= 4 is 11.8 Å². The highest BCUT2D eigenvalue weighted by molar-refractivity contribution is 6.02. The van der Waals surface area contributed by atoms with E-state index >= 15 is 0 Å². The molecule has 0 spiro atoms. The first-order valence-corrected chi connectivity index (χ1v) is 2.73. The number of hydrogen-bond donors (Lipinski definition) is 1. The molecule has 0 fully saturated rings. The molecule has 1 rings (SSSR count). The van der Waals surface area contributed by atoms with Crippen LogP contribution in [0.1, 0.15) is 6.92 Å². The minimum atomic E-state index is -1.07. The van der Waals surface area contributed by atoms with Gasteiger partial charge in [0.15, 0.2) is 11.5 Å². The lowest BCUT2D eigenvalue weighted by atomic mass is 10.1. The quantitative estimate of drug-likeness (QED) is 0.586. The first-order chi connectivity index (χ1) is 4.63. The minimum Gasteiger partial charge on any atom is -0.484 e. The van der Waals surface area contributed by atoms with Crippen molar-refractivity contribution < 1.29 is 19.4 Å². The van der Waals surface area contributed by atoms with E-state index in [0.29, 0.717) is 0 Å². The molecule has 0 bridgehead atoms. The van der Waals surface area contributed by atoms with Gasteiger partial charge in [0, 0.05) is 6.92 Å². The maximum absolute atomic E-state index is 10.5. The normalized spacial score (nSPS) is 15.7. The lowest BCUT2D eigenvalue weighted by Crippen LogP contribution is -2.25. The molecular formula is C6H6O4. The van der Waals surface area contributed by atoms with E-state index in [1.807, 2.05) is 0 Å². The third-order valence-electron chi connectivity index (χ3n) is 1.21. The molecule has 0 atom stereocenters. The Labute approximate surface area is 57.1 Å². The molecule has 0 amide bonds. The number of carbonyl (C=O) groups excluding carboxylic acids is 1. The number of ether oxygens (including phenoxy) is 1. The molecule has 0 aliphatic carbocycles. The molecule has 1 N–H and O–H groups in total. The number of rotatable bonds is 2. The number of ketones is 1. The monoisotopic (exact) mass is 142 g/mol. The molecule has 0 aromatic heterocycles. The van der Waals surface area contributed by atoms with Gasteiger partial charge in [-0.2, -0.15) is 0 Å². The van der Waals surface area contributed by atoms with Gasteiger partial charge in [-0.05, 0) is 0 Å². The molecule has 0 aromatic carbocycles. The van der Waals surface area contributed by atoms with Crippen LogP contribution in [0.5, 0.6) is 0 Å². The number of allylic oxidation sites excluding steroid dienone is 1. The van der Waals surface area contributed by atoms with E-state index in [9.17, 15) is 9.59 Å². The lowest BCUT2D eigenvalue weighted by molar-refractivity contribution is -0.136. The summed E-state index contributed by atoms with van der Waals surface area (Å²) in [6, 6.07) is 0. The Kier molecular flexibility index (Phi) is 1.45. The van der Waals surface area contributed by atoms with Crippen LogP contribution >= 0.6 is 0 Å². The smallest absolute Gasteiger partial charge is 0.338 e. The molecule has 0 unspecified atom stereocenters. The first kappa shape index (κ1) is 6.80. The standard InChI is InChI=1S/C6H6O4/c1-3(7)5-4(2-10-5)6(8)9/h2H2,1H3,(H,8,9). The molecule has 54 valence electrons. The van der Waals surface area contributed by atoms with E-state index in [1.54, 1.807) is 0 Å². The van der Waals surface area contributed by atoms with Gasteiger partial charge in [0.05, 0.1) is 0 Å². The summed E-state index contributed by atoms with van der Waals surface area (Å²) in [7, 11) is 0. The Morgan fingerprint density at radius 1 is 1.60 bits per heavy atom. The highest BCUT2D eigenvalue weighted by atomic mass is 16.5. The summed E-state index contributed by atoms with van der Waals surface area (Å²) < 4.78 is 4.62. The van der Waals surface area contributed by atoms with Crippen molar-refractivity contribution in [1.29, 1.82) is 0 Å². The molecule has 4 heteroatoms. The topological polar surface area (TPSA) is 63.6 Å². The van der Waals surface area contributed by atoms with Crippen LogP contribution < -0.4 is 0 Å². The molecule has 1 heterocycles. The van der Waals surface area contributed by atoms with Crippen LogP contribution in [0.25, 0.3) is 0 Å². The van der Waals surface area contributed by atoms with Gasteiger partial charge in [-0.15, -0.1) is 0 Å². The molecule has 0 radical (unpaired) electrons. The Bertz CT molecular complexity index is 202. The average molecular weight is 142 g/mol. The number of carboxylic acids is 1. The number of carboxylic acid groups (broad SMARTS) is 1. The van der Waals surface area contributed by atoms with E-state index in [2.05, 4.69) is 4.74 Å². The zero-order chi connectivity index (χ0) is 7.72. The summed E-state index contributed by atoms with van der Waals surface area (Å²) in [6.45, 7) is 1.32. The largest absolute Gasteiger partial charge is 0.484 e. The first-order valence-electron chi connectivity index (χ1n) is 2.73. The Morgan fingerprint density at radius 3 is 2.30 bits per heavy atom. The Hall–Kier alpha value is -1.32. The number of carbonyl (C=O) groups is 2. The second kappa shape index (κ2) is 2.13. The number of aliphatic carboxylic acids is 1. The van der Waals surface area contributed by atoms with Gasteiger partial charge < -0.3 is 9.84 Å². The van der Waals surface area contributed by atoms with Gasteiger partial charge in [0.2, 0.25) is 0 Å². The molecule has 0 saturated heterocycles. The van der Waals surface area contributed by atoms with Gasteiger partial charge in [0.25, 0.3) is 0 Å². The molecule has 0 saturated carbocycles. The molecule has 1 aliphatic rings. The van der Waals surface area contributed by atoms with Gasteiger partial charge in [0.1, 0.15) is 12.2 Å². The van der Waals surface area contributed by atoms with Crippen LogP contribution in [0.4, 0.5) is 0 Å². The van der Waals surface area contributed by atoms with Crippen LogP contribution in [-0.4, -0.2) is 23.5 Å². The predicted molar refractivity (Wildman–Crippen MR) is 31.3 cm³/mol. The fourth-order valence-electron chi connectivity index (χ4n) is 0.689. The highest BCUT2D eigenvalue weighted by Gasteiger charge is 2.28. The molecule has 10 heavy (non-hydrogen) atoms. The SMILES string of the molecule is CC(=O)C1=C(C(=O)O)CO1. The summed E-state index contributed by atoms with van der Waals surface area (Å²) >= 11 is 0. The zero-order valence-corrected chi connectivity index (χ0v) is 5.38. The minimum absolute atomic E-state index is 0.00694. The summed E-state index contributed by atoms with van der Waals surface area (Å²) in [5, 5.41) is 8.36. The van der Waals surface area contributed by atoms with Gasteiger partial charge in [-0.25, -0.2) is 4.79 Å². The van der Waals surface area contributed by atoms with Gasteiger partial charge in [-0.1, -0.05) is 0 Å². The fraction of sp³-hybridized carbons (Fsp3) is 0.333. The van der Waals surface area contributed by atoms with Crippen molar-refractivity contribution in [3.05, 3.63) is 11.3 Å². The molecule has 0 aromatic rings. The molecular weight excluding hydrogens is 136 g/mol. The average Bonchev–Trinajstić information content (AvgIpc) is 1.56. The van der Waals surface area contributed by atoms with Crippen LogP contribution in [0.2, 0.25) is 0 Å². The second-order valence-corrected chi connectivity index (χ2v) is 1.96. The van der Waals surface area contributed by atoms with E-state index < -0.39 is 5.97 Å². The fourth-order valence-corrected chi connectivity index (χ4v) is 0.689. The maximum Gasteiger partial charge on any atom is 0.338 e. The van der Waals surface area contributed by atoms with Crippen LogP contribution in [-0.2, 0) is 14.3 Å². The van der Waals surface area contributed by atoms with E-state index in [4.69, 9.17) is 5.11 Å². The van der Waals surface area contributed by atoms with E-state index in [-0.39, 0.29) is 23.7 Å². The number of Topliss-reactive ketones (excluding diaryl/α,β-unsaturated/α-hetero) is 1. The summed E-state index contributed by atoms with van der Waals surface area (Å²) in [6.07, 6.45) is 0. The van der Waals surface area contributed by atoms with Gasteiger partial charge in [-0.3, -0.25) is 4.79 Å². The van der Waals surface area contributed by atoms with Crippen molar-refractivity contribution in [3.63, 3.8) is 0 Å². The maximum atomic E-state index is 10.5. The summed E-state index contributed by atoms with van der Waals surface area (Å²) in [4.78, 5) is 20.7. The van der Waals surface area contributed by atoms with Crippen LogP contribution in [0.3, 0.4) is 0 Å². The predicted octanol–water partition coefficient (Wildman–Crippen LogP) is -0.0557. The summed E-state index contributed by atoms with van der Waals surface area (Å²) in [5.41, 5.74) is 0.0764. The van der Waals surface area contributed by atoms with Crippen LogP contribution in [0.15, 0.2) is 11.3 Å².